The molecular weight excluding hydrogens is 158 g/mol. The van der Waals surface area contributed by atoms with Gasteiger partial charge in [0, 0.05) is 19.4 Å². The van der Waals surface area contributed by atoms with E-state index in [1.807, 2.05) is 0 Å². The summed E-state index contributed by atoms with van der Waals surface area (Å²) in [4.78, 5) is 28.3. The SMILES string of the molecule is CNC(=O)c1cnc(C=O)nc1. The van der Waals surface area contributed by atoms with E-state index >= 15 is 0 Å². The third kappa shape index (κ3) is 1.63. The van der Waals surface area contributed by atoms with Gasteiger partial charge in [-0.05, 0) is 0 Å². The first kappa shape index (κ1) is 8.32. The minimum atomic E-state index is -0.271. The first-order valence-electron chi connectivity index (χ1n) is 3.27. The highest BCUT2D eigenvalue weighted by Gasteiger charge is 2.03. The summed E-state index contributed by atoms with van der Waals surface area (Å²) >= 11 is 0. The average Bonchev–Trinajstić information content (AvgIpc) is 2.17. The standard InChI is InChI=1S/C7H7N3O2/c1-8-7(12)5-2-9-6(4-11)10-3-5/h2-4H,1H3,(H,8,12). The van der Waals surface area contributed by atoms with Gasteiger partial charge in [0.15, 0.2) is 12.1 Å². The van der Waals surface area contributed by atoms with Crippen LogP contribution in [-0.4, -0.2) is 29.2 Å². The zero-order chi connectivity index (χ0) is 8.97. The number of hydrogen-bond donors (Lipinski definition) is 1. The molecule has 1 N–H and O–H groups in total. The van der Waals surface area contributed by atoms with E-state index in [9.17, 15) is 9.59 Å². The van der Waals surface area contributed by atoms with Crippen LogP contribution in [0.1, 0.15) is 21.0 Å². The molecule has 0 unspecified atom stereocenters. The molecular formula is C7H7N3O2. The summed E-state index contributed by atoms with van der Waals surface area (Å²) in [5, 5.41) is 2.41. The Hall–Kier alpha value is -1.78. The molecule has 0 saturated heterocycles. The molecule has 1 rings (SSSR count). The zero-order valence-electron chi connectivity index (χ0n) is 6.44. The van der Waals surface area contributed by atoms with E-state index in [1.54, 1.807) is 0 Å². The zero-order valence-corrected chi connectivity index (χ0v) is 6.44. The van der Waals surface area contributed by atoms with Crippen LogP contribution in [0, 0.1) is 0 Å². The first-order chi connectivity index (χ1) is 5.77. The molecule has 5 heteroatoms. The summed E-state index contributed by atoms with van der Waals surface area (Å²) in [6.45, 7) is 0. The van der Waals surface area contributed by atoms with Crippen molar-refractivity contribution in [3.05, 3.63) is 23.8 Å². The molecule has 0 spiro atoms. The molecule has 5 nitrogen and oxygen atoms in total. The van der Waals surface area contributed by atoms with Crippen LogP contribution in [0.25, 0.3) is 0 Å². The Labute approximate surface area is 68.8 Å². The van der Waals surface area contributed by atoms with Gasteiger partial charge in [-0.1, -0.05) is 0 Å². The van der Waals surface area contributed by atoms with E-state index in [-0.39, 0.29) is 11.7 Å². The molecule has 1 amide bonds. The fraction of sp³-hybridized carbons (Fsp3) is 0.143. The van der Waals surface area contributed by atoms with Gasteiger partial charge in [0.2, 0.25) is 0 Å². The van der Waals surface area contributed by atoms with E-state index in [4.69, 9.17) is 0 Å². The molecule has 1 aromatic rings. The predicted octanol–water partition coefficient (Wildman–Crippen LogP) is -0.351. The molecule has 0 fully saturated rings. The number of nitrogens with one attached hydrogen (secondary N) is 1. The van der Waals surface area contributed by atoms with Gasteiger partial charge in [-0.3, -0.25) is 9.59 Å². The monoisotopic (exact) mass is 165 g/mol. The Balaban J connectivity index is 2.91. The minimum absolute atomic E-state index is 0.0719. The Morgan fingerprint density at radius 1 is 1.50 bits per heavy atom. The third-order valence-electron chi connectivity index (χ3n) is 1.27. The van der Waals surface area contributed by atoms with E-state index < -0.39 is 0 Å². The fourth-order valence-electron chi connectivity index (χ4n) is 0.660. The maximum Gasteiger partial charge on any atom is 0.254 e. The van der Waals surface area contributed by atoms with Crippen LogP contribution in [0.2, 0.25) is 0 Å². The number of carbonyl (C=O) groups is 2. The average molecular weight is 165 g/mol. The van der Waals surface area contributed by atoms with Crippen LogP contribution in [0.4, 0.5) is 0 Å². The Kier molecular flexibility index (Phi) is 2.47. The van der Waals surface area contributed by atoms with Gasteiger partial charge in [0.1, 0.15) is 0 Å². The smallest absolute Gasteiger partial charge is 0.254 e. The second-order valence-corrected chi connectivity index (χ2v) is 2.03. The lowest BCUT2D eigenvalue weighted by atomic mass is 10.3. The van der Waals surface area contributed by atoms with Gasteiger partial charge < -0.3 is 5.32 Å². The third-order valence-corrected chi connectivity index (χ3v) is 1.27. The Bertz CT molecular complexity index is 294. The van der Waals surface area contributed by atoms with Gasteiger partial charge in [-0.15, -0.1) is 0 Å². The van der Waals surface area contributed by atoms with E-state index in [1.165, 1.54) is 19.4 Å². The van der Waals surface area contributed by atoms with Crippen molar-refractivity contribution in [3.63, 3.8) is 0 Å². The van der Waals surface area contributed by atoms with Crippen LogP contribution in [0.3, 0.4) is 0 Å². The van der Waals surface area contributed by atoms with E-state index in [0.717, 1.165) is 0 Å². The van der Waals surface area contributed by atoms with Gasteiger partial charge >= 0.3 is 0 Å². The van der Waals surface area contributed by atoms with Crippen LogP contribution in [0.5, 0.6) is 0 Å². The highest BCUT2D eigenvalue weighted by atomic mass is 16.1. The number of amides is 1. The number of rotatable bonds is 2. The van der Waals surface area contributed by atoms with E-state index in [0.29, 0.717) is 11.8 Å². The maximum atomic E-state index is 10.9. The highest BCUT2D eigenvalue weighted by molar-refractivity contribution is 5.93. The summed E-state index contributed by atoms with van der Waals surface area (Å²) in [6, 6.07) is 0. The lowest BCUT2D eigenvalue weighted by Gasteiger charge is -1.96. The largest absolute Gasteiger partial charge is 0.355 e. The Morgan fingerprint density at radius 3 is 2.50 bits per heavy atom. The lowest BCUT2D eigenvalue weighted by Crippen LogP contribution is -2.18. The number of hydrogen-bond acceptors (Lipinski definition) is 4. The first-order valence-corrected chi connectivity index (χ1v) is 3.27. The van der Waals surface area contributed by atoms with Crippen molar-refractivity contribution in [1.29, 1.82) is 0 Å². The molecule has 0 aliphatic heterocycles. The molecule has 0 atom stereocenters. The summed E-state index contributed by atoms with van der Waals surface area (Å²) in [5.74, 6) is -0.199. The minimum Gasteiger partial charge on any atom is -0.355 e. The van der Waals surface area contributed by atoms with Crippen LogP contribution < -0.4 is 5.32 Å². The Morgan fingerprint density at radius 2 is 2.08 bits per heavy atom. The van der Waals surface area contributed by atoms with Crippen LogP contribution in [-0.2, 0) is 0 Å². The normalized spacial score (nSPS) is 9.08. The van der Waals surface area contributed by atoms with Crippen molar-refractivity contribution in [3.8, 4) is 0 Å². The van der Waals surface area contributed by atoms with E-state index in [2.05, 4.69) is 15.3 Å². The number of aldehydes is 1. The molecule has 0 saturated carbocycles. The van der Waals surface area contributed by atoms with Crippen molar-refractivity contribution < 1.29 is 9.59 Å². The van der Waals surface area contributed by atoms with Crippen molar-refractivity contribution in [2.45, 2.75) is 0 Å². The molecule has 0 aromatic carbocycles. The number of nitrogens with zero attached hydrogens (tertiary/aromatic N) is 2. The van der Waals surface area contributed by atoms with Crippen LogP contribution >= 0.6 is 0 Å². The number of carbonyl (C=O) groups excluding carboxylic acids is 2. The van der Waals surface area contributed by atoms with Crippen molar-refractivity contribution >= 4 is 12.2 Å². The summed E-state index contributed by atoms with van der Waals surface area (Å²) in [7, 11) is 1.51. The quantitative estimate of drug-likeness (QED) is 0.608. The van der Waals surface area contributed by atoms with Gasteiger partial charge in [0.05, 0.1) is 5.56 Å². The maximum absolute atomic E-state index is 10.9. The molecule has 62 valence electrons. The predicted molar refractivity (Wildman–Crippen MR) is 40.8 cm³/mol. The molecule has 0 bridgehead atoms. The summed E-state index contributed by atoms with van der Waals surface area (Å²) in [6.07, 6.45) is 3.12. The van der Waals surface area contributed by atoms with Gasteiger partial charge in [0.25, 0.3) is 5.91 Å². The van der Waals surface area contributed by atoms with Gasteiger partial charge in [-0.25, -0.2) is 9.97 Å². The molecule has 0 aliphatic carbocycles. The van der Waals surface area contributed by atoms with Crippen molar-refractivity contribution in [1.82, 2.24) is 15.3 Å². The van der Waals surface area contributed by atoms with Gasteiger partial charge in [-0.2, -0.15) is 0 Å². The number of aromatic nitrogens is 2. The molecule has 0 aliphatic rings. The fourth-order valence-corrected chi connectivity index (χ4v) is 0.660. The summed E-state index contributed by atoms with van der Waals surface area (Å²) < 4.78 is 0. The molecule has 1 aromatic heterocycles. The lowest BCUT2D eigenvalue weighted by molar-refractivity contribution is 0.0961. The second-order valence-electron chi connectivity index (χ2n) is 2.03. The molecule has 12 heavy (non-hydrogen) atoms. The molecule has 0 radical (unpaired) electrons. The molecule has 1 heterocycles. The highest BCUT2D eigenvalue weighted by Crippen LogP contribution is 1.93. The topological polar surface area (TPSA) is 72.0 Å². The summed E-state index contributed by atoms with van der Waals surface area (Å²) in [5.41, 5.74) is 0.336. The van der Waals surface area contributed by atoms with Crippen molar-refractivity contribution in [2.24, 2.45) is 0 Å². The van der Waals surface area contributed by atoms with Crippen molar-refractivity contribution in [2.75, 3.05) is 7.05 Å². The van der Waals surface area contributed by atoms with Crippen LogP contribution in [0.15, 0.2) is 12.4 Å². The second kappa shape index (κ2) is 3.56.